The Kier molecular flexibility index (Phi) is 10.4. The van der Waals surface area contributed by atoms with E-state index in [0.717, 1.165) is 0 Å². The predicted octanol–water partition coefficient (Wildman–Crippen LogP) is 5.53. The Bertz CT molecular complexity index is 370. The highest BCUT2D eigenvalue weighted by atomic mass is 16.0. The molecule has 0 aromatic heterocycles. The summed E-state index contributed by atoms with van der Waals surface area (Å²) >= 11 is 0. The van der Waals surface area contributed by atoms with Gasteiger partial charge in [0, 0.05) is 5.56 Å². The fourth-order valence-electron chi connectivity index (χ4n) is 3.49. The Balaban J connectivity index is 0.00000400. The highest BCUT2D eigenvalue weighted by Gasteiger charge is 2.29. The van der Waals surface area contributed by atoms with Crippen LogP contribution in [-0.2, 0) is 0 Å². The van der Waals surface area contributed by atoms with Crippen molar-refractivity contribution >= 4 is 5.69 Å². The van der Waals surface area contributed by atoms with E-state index in [4.69, 9.17) is 0 Å². The molecule has 1 aromatic carbocycles. The molecule has 21 heavy (non-hydrogen) atoms. The molecule has 0 aliphatic heterocycles. The summed E-state index contributed by atoms with van der Waals surface area (Å²) in [4.78, 5) is 0. The molecule has 0 heterocycles. The van der Waals surface area contributed by atoms with Crippen molar-refractivity contribution < 1.29 is 5.48 Å². The van der Waals surface area contributed by atoms with Gasteiger partial charge in [-0.1, -0.05) is 51.8 Å². The topological polar surface area (TPSA) is 30.0 Å². The Labute approximate surface area is 132 Å². The molecule has 0 fully saturated rings. The van der Waals surface area contributed by atoms with Gasteiger partial charge in [-0.15, -0.1) is 0 Å². The van der Waals surface area contributed by atoms with E-state index in [1.807, 2.05) is 0 Å². The summed E-state index contributed by atoms with van der Waals surface area (Å²) in [5.41, 5.74) is 3.03. The molecule has 1 rings (SSSR count). The van der Waals surface area contributed by atoms with Gasteiger partial charge in [0.1, 0.15) is 5.69 Å². The third-order valence-corrected chi connectivity index (χ3v) is 4.37. The summed E-state index contributed by atoms with van der Waals surface area (Å²) in [6, 6.07) is 9.02. The minimum atomic E-state index is 0. The number of hydrogen-bond acceptors (Lipinski definition) is 1. The highest BCUT2D eigenvalue weighted by Crippen LogP contribution is 2.29. The van der Waals surface area contributed by atoms with Gasteiger partial charge in [-0.3, -0.25) is 4.48 Å². The summed E-state index contributed by atoms with van der Waals surface area (Å²) in [6.07, 6.45) is 7.99. The molecule has 0 radical (unpaired) electrons. The van der Waals surface area contributed by atoms with Crippen LogP contribution in [0, 0.1) is 6.92 Å². The first-order valence-corrected chi connectivity index (χ1v) is 8.62. The molecular formula is C19H35NO. The summed E-state index contributed by atoms with van der Waals surface area (Å²) in [7, 11) is 0. The summed E-state index contributed by atoms with van der Waals surface area (Å²) in [6.45, 7) is 13.1. The van der Waals surface area contributed by atoms with Gasteiger partial charge in [0.15, 0.2) is 0 Å². The molecular weight excluding hydrogens is 258 g/mol. The Morgan fingerprint density at radius 3 is 1.90 bits per heavy atom. The molecule has 0 bridgehead atoms. The Morgan fingerprint density at radius 1 is 0.762 bits per heavy atom. The summed E-state index contributed by atoms with van der Waals surface area (Å²) < 4.78 is 1.20. The first-order chi connectivity index (χ1) is 9.70. The van der Waals surface area contributed by atoms with Crippen molar-refractivity contribution in [1.82, 2.24) is 4.48 Å². The monoisotopic (exact) mass is 293 g/mol. The second-order valence-corrected chi connectivity index (χ2v) is 6.16. The third-order valence-electron chi connectivity index (χ3n) is 4.37. The average Bonchev–Trinajstić information content (AvgIpc) is 2.44. The van der Waals surface area contributed by atoms with Crippen molar-refractivity contribution in [1.29, 1.82) is 0 Å². The molecule has 1 N–H and O–H groups in total. The van der Waals surface area contributed by atoms with Crippen molar-refractivity contribution in [3.8, 4) is 0 Å². The number of rotatable bonds is 10. The van der Waals surface area contributed by atoms with Crippen molar-refractivity contribution in [2.45, 2.75) is 66.2 Å². The molecule has 0 spiro atoms. The minimum absolute atomic E-state index is 0. The maximum Gasteiger partial charge on any atom is 0.135 e. The Morgan fingerprint density at radius 2 is 1.38 bits per heavy atom. The smallest absolute Gasteiger partial charge is 0.135 e. The number of quaternary nitrogens is 1. The van der Waals surface area contributed by atoms with E-state index in [2.05, 4.69) is 52.0 Å². The first kappa shape index (κ1) is 20.1. The maximum atomic E-state index is 2.36. The predicted molar refractivity (Wildman–Crippen MR) is 94.2 cm³/mol. The number of nitrogens with zero attached hydrogens (tertiary/aromatic N) is 1. The van der Waals surface area contributed by atoms with Crippen LogP contribution in [0.2, 0.25) is 0 Å². The van der Waals surface area contributed by atoms with Crippen LogP contribution in [0.1, 0.15) is 64.9 Å². The standard InChI is InChI=1S/C19H34N.H2O/c1-5-8-9-12-17-20(15-6-2,16-7-3)19-14-11-10-13-18(19)4;/h10-11,13-14H,5-9,12,15-17H2,1-4H3;1H2/q+1;/p-1. The van der Waals surface area contributed by atoms with E-state index < -0.39 is 0 Å². The lowest BCUT2D eigenvalue weighted by Gasteiger charge is -2.39. The zero-order chi connectivity index (χ0) is 14.8. The number of para-hydroxylation sites is 1. The fraction of sp³-hybridized carbons (Fsp3) is 0.684. The van der Waals surface area contributed by atoms with Gasteiger partial charge >= 0.3 is 0 Å². The van der Waals surface area contributed by atoms with Crippen molar-refractivity contribution in [2.75, 3.05) is 19.6 Å². The van der Waals surface area contributed by atoms with Crippen LogP contribution in [0.25, 0.3) is 0 Å². The van der Waals surface area contributed by atoms with Crippen molar-refractivity contribution in [3.63, 3.8) is 0 Å². The van der Waals surface area contributed by atoms with Crippen LogP contribution in [0.5, 0.6) is 0 Å². The van der Waals surface area contributed by atoms with Gasteiger partial charge in [0.2, 0.25) is 0 Å². The molecule has 122 valence electrons. The van der Waals surface area contributed by atoms with Gasteiger partial charge in [0.05, 0.1) is 19.6 Å². The van der Waals surface area contributed by atoms with Crippen LogP contribution in [0.3, 0.4) is 0 Å². The number of benzene rings is 1. The van der Waals surface area contributed by atoms with Crippen LogP contribution in [-0.4, -0.2) is 25.1 Å². The maximum absolute atomic E-state index is 2.36. The highest BCUT2D eigenvalue weighted by molar-refractivity contribution is 5.49. The molecule has 2 heteroatoms. The SMILES string of the molecule is CCCCCC[N+](CCC)(CCC)c1ccccc1C.[OH-]. The van der Waals surface area contributed by atoms with Gasteiger partial charge in [-0.2, -0.15) is 0 Å². The minimum Gasteiger partial charge on any atom is -0.870 e. The zero-order valence-corrected chi connectivity index (χ0v) is 14.6. The molecule has 0 unspecified atom stereocenters. The van der Waals surface area contributed by atoms with Crippen LogP contribution >= 0.6 is 0 Å². The molecule has 0 saturated carbocycles. The largest absolute Gasteiger partial charge is 0.870 e. The molecule has 0 aliphatic rings. The van der Waals surface area contributed by atoms with Gasteiger partial charge in [-0.05, 0) is 38.7 Å². The normalized spacial score (nSPS) is 11.2. The second-order valence-electron chi connectivity index (χ2n) is 6.16. The number of unbranched alkanes of at least 4 members (excludes halogenated alkanes) is 3. The first-order valence-electron chi connectivity index (χ1n) is 8.62. The van der Waals surface area contributed by atoms with Crippen LogP contribution in [0.4, 0.5) is 5.69 Å². The van der Waals surface area contributed by atoms with Crippen molar-refractivity contribution in [2.24, 2.45) is 0 Å². The van der Waals surface area contributed by atoms with E-state index >= 15 is 0 Å². The lowest BCUT2D eigenvalue weighted by Crippen LogP contribution is -2.51. The number of aryl methyl sites for hydroxylation is 1. The van der Waals surface area contributed by atoms with E-state index in [1.165, 1.54) is 68.2 Å². The van der Waals surface area contributed by atoms with Crippen molar-refractivity contribution in [3.05, 3.63) is 29.8 Å². The molecule has 2 nitrogen and oxygen atoms in total. The lowest BCUT2D eigenvalue weighted by molar-refractivity contribution is 0.265. The molecule has 0 atom stereocenters. The van der Waals surface area contributed by atoms with E-state index in [0.29, 0.717) is 0 Å². The number of hydrogen-bond donors (Lipinski definition) is 0. The van der Waals surface area contributed by atoms with Gasteiger partial charge in [-0.25, -0.2) is 0 Å². The zero-order valence-electron chi connectivity index (χ0n) is 14.6. The summed E-state index contributed by atoms with van der Waals surface area (Å²) in [5.74, 6) is 0. The quantitative estimate of drug-likeness (QED) is 0.412. The van der Waals surface area contributed by atoms with Gasteiger partial charge < -0.3 is 5.48 Å². The molecule has 0 saturated heterocycles. The van der Waals surface area contributed by atoms with E-state index in [-0.39, 0.29) is 5.48 Å². The van der Waals surface area contributed by atoms with E-state index in [9.17, 15) is 0 Å². The van der Waals surface area contributed by atoms with Crippen LogP contribution in [0.15, 0.2) is 24.3 Å². The second kappa shape index (κ2) is 10.8. The van der Waals surface area contributed by atoms with Crippen LogP contribution < -0.4 is 4.48 Å². The third kappa shape index (κ3) is 5.80. The molecule has 0 aliphatic carbocycles. The van der Waals surface area contributed by atoms with E-state index in [1.54, 1.807) is 5.69 Å². The average molecular weight is 293 g/mol. The Hall–Kier alpha value is -0.860. The fourth-order valence-corrected chi connectivity index (χ4v) is 3.49. The lowest BCUT2D eigenvalue weighted by atomic mass is 10.1. The molecule has 1 aromatic rings. The van der Waals surface area contributed by atoms with Gasteiger partial charge in [0.25, 0.3) is 0 Å². The molecule has 0 amide bonds. The summed E-state index contributed by atoms with van der Waals surface area (Å²) in [5, 5.41) is 0.